The van der Waals surface area contributed by atoms with Crippen LogP contribution in [0.25, 0.3) is 0 Å². The smallest absolute Gasteiger partial charge is 0.325 e. The van der Waals surface area contributed by atoms with E-state index in [1.54, 1.807) is 12.0 Å². The van der Waals surface area contributed by atoms with Gasteiger partial charge in [0.05, 0.1) is 18.8 Å². The van der Waals surface area contributed by atoms with Gasteiger partial charge in [-0.3, -0.25) is 4.90 Å². The summed E-state index contributed by atoms with van der Waals surface area (Å²) in [5, 5.41) is 3.09. The lowest BCUT2D eigenvalue weighted by Gasteiger charge is -2.50. The van der Waals surface area contributed by atoms with Gasteiger partial charge in [0.15, 0.2) is 28.7 Å². The van der Waals surface area contributed by atoms with Gasteiger partial charge >= 0.3 is 6.03 Å². The predicted octanol–water partition coefficient (Wildman–Crippen LogP) is 3.24. The first-order valence-electron chi connectivity index (χ1n) is 8.95. The summed E-state index contributed by atoms with van der Waals surface area (Å²) in [6, 6.07) is 10.9. The molecule has 2 amide bonds. The van der Waals surface area contributed by atoms with Crippen LogP contribution in [0.1, 0.15) is 24.9 Å². The number of benzene rings is 2. The van der Waals surface area contributed by atoms with E-state index in [4.69, 9.17) is 18.9 Å². The average Bonchev–Trinajstić information content (AvgIpc) is 2.67. The van der Waals surface area contributed by atoms with E-state index in [1.807, 2.05) is 43.3 Å². The second kappa shape index (κ2) is 5.70. The average molecular weight is 368 g/mol. The van der Waals surface area contributed by atoms with Gasteiger partial charge in [-0.15, -0.1) is 0 Å². The lowest BCUT2D eigenvalue weighted by Crippen LogP contribution is -2.65. The van der Waals surface area contributed by atoms with Crippen LogP contribution in [0.2, 0.25) is 0 Å². The summed E-state index contributed by atoms with van der Waals surface area (Å²) in [5.74, 6) is 2.64. The van der Waals surface area contributed by atoms with E-state index < -0.39 is 5.72 Å². The molecule has 7 nitrogen and oxygen atoms in total. The van der Waals surface area contributed by atoms with Crippen LogP contribution in [0, 0.1) is 0 Å². The minimum atomic E-state index is -0.849. The van der Waals surface area contributed by atoms with Crippen molar-refractivity contribution in [2.45, 2.75) is 25.1 Å². The quantitative estimate of drug-likeness (QED) is 0.881. The monoisotopic (exact) mass is 368 g/mol. The van der Waals surface area contributed by atoms with Crippen molar-refractivity contribution in [2.24, 2.45) is 0 Å². The predicted molar refractivity (Wildman–Crippen MR) is 97.8 cm³/mol. The molecule has 0 saturated carbocycles. The van der Waals surface area contributed by atoms with E-state index in [0.717, 1.165) is 5.56 Å². The maximum Gasteiger partial charge on any atom is 0.325 e. The van der Waals surface area contributed by atoms with Crippen LogP contribution >= 0.6 is 0 Å². The number of fused-ring (bicyclic) bond motifs is 5. The molecular formula is C20H20N2O5. The van der Waals surface area contributed by atoms with Crippen LogP contribution in [-0.4, -0.2) is 32.1 Å². The molecule has 5 rings (SSSR count). The van der Waals surface area contributed by atoms with Gasteiger partial charge in [0.2, 0.25) is 0 Å². The zero-order chi connectivity index (χ0) is 18.6. The zero-order valence-electron chi connectivity index (χ0n) is 15.2. The summed E-state index contributed by atoms with van der Waals surface area (Å²) in [5.41, 5.74) is 0.774. The van der Waals surface area contributed by atoms with Crippen LogP contribution < -0.4 is 29.2 Å². The van der Waals surface area contributed by atoms with Gasteiger partial charge in [0.1, 0.15) is 13.2 Å². The molecule has 2 aromatic carbocycles. The third kappa shape index (κ3) is 2.38. The minimum absolute atomic E-state index is 0.130. The second-order valence-electron chi connectivity index (χ2n) is 7.03. The molecule has 0 radical (unpaired) electrons. The molecule has 0 unspecified atom stereocenters. The zero-order valence-corrected chi connectivity index (χ0v) is 15.2. The Bertz CT molecular complexity index is 931. The number of ether oxygens (including phenoxy) is 4. The number of carbonyl (C=O) groups is 1. The fourth-order valence-electron chi connectivity index (χ4n) is 4.08. The van der Waals surface area contributed by atoms with Crippen LogP contribution in [0.15, 0.2) is 36.4 Å². The fraction of sp³-hybridized carbons (Fsp3) is 0.350. The van der Waals surface area contributed by atoms with Crippen LogP contribution in [-0.2, 0) is 0 Å². The number of anilines is 1. The standard InChI is InChI=1S/C20H20N2O5/c1-20-11-14(13-4-3-5-16(24-2)18(13)27-20)21-19(23)22(20)12-6-7-15-17(10-12)26-9-8-25-15/h3-7,10,14H,8-9,11H2,1-2H3,(H,21,23)/t14-,20-/m1/s1. The van der Waals surface area contributed by atoms with Crippen molar-refractivity contribution in [3.63, 3.8) is 0 Å². The summed E-state index contributed by atoms with van der Waals surface area (Å²) in [6.45, 7) is 2.93. The molecule has 0 aliphatic carbocycles. The number of carbonyl (C=O) groups excluding carboxylic acids is 1. The molecule has 2 aromatic rings. The van der Waals surface area contributed by atoms with E-state index in [0.29, 0.717) is 48.3 Å². The molecule has 3 heterocycles. The summed E-state index contributed by atoms with van der Waals surface area (Å²) in [4.78, 5) is 14.6. The molecule has 3 aliphatic rings. The van der Waals surface area contributed by atoms with Gasteiger partial charge in [-0.05, 0) is 25.1 Å². The van der Waals surface area contributed by atoms with Crippen molar-refractivity contribution in [3.8, 4) is 23.0 Å². The molecule has 2 bridgehead atoms. The van der Waals surface area contributed by atoms with Crippen molar-refractivity contribution in [3.05, 3.63) is 42.0 Å². The molecule has 7 heteroatoms. The highest BCUT2D eigenvalue weighted by Crippen LogP contribution is 2.49. The van der Waals surface area contributed by atoms with Crippen molar-refractivity contribution in [1.29, 1.82) is 0 Å². The van der Waals surface area contributed by atoms with Gasteiger partial charge in [-0.25, -0.2) is 4.79 Å². The van der Waals surface area contributed by atoms with E-state index in [1.165, 1.54) is 0 Å². The van der Waals surface area contributed by atoms with Crippen molar-refractivity contribution < 1.29 is 23.7 Å². The Morgan fingerprint density at radius 1 is 1.19 bits per heavy atom. The summed E-state index contributed by atoms with van der Waals surface area (Å²) in [6.07, 6.45) is 0.618. The van der Waals surface area contributed by atoms with E-state index in [2.05, 4.69) is 5.32 Å². The highest BCUT2D eigenvalue weighted by atomic mass is 16.6. The number of para-hydroxylation sites is 1. The molecule has 3 aliphatic heterocycles. The Morgan fingerprint density at radius 3 is 2.81 bits per heavy atom. The Hall–Kier alpha value is -3.09. The molecule has 2 atom stereocenters. The van der Waals surface area contributed by atoms with Gasteiger partial charge in [0, 0.05) is 18.1 Å². The topological polar surface area (TPSA) is 69.3 Å². The number of amides is 2. The first kappa shape index (κ1) is 16.1. The largest absolute Gasteiger partial charge is 0.493 e. The van der Waals surface area contributed by atoms with Gasteiger partial charge in [0.25, 0.3) is 0 Å². The first-order valence-corrected chi connectivity index (χ1v) is 8.95. The van der Waals surface area contributed by atoms with Crippen LogP contribution in [0.3, 0.4) is 0 Å². The number of hydrogen-bond donors (Lipinski definition) is 1. The number of rotatable bonds is 2. The molecular weight excluding hydrogens is 348 g/mol. The lowest BCUT2D eigenvalue weighted by molar-refractivity contribution is 0.0349. The number of urea groups is 1. The van der Waals surface area contributed by atoms with Gasteiger partial charge in [-0.1, -0.05) is 12.1 Å². The maximum absolute atomic E-state index is 13.0. The van der Waals surface area contributed by atoms with Gasteiger partial charge < -0.3 is 24.3 Å². The Balaban J connectivity index is 1.58. The van der Waals surface area contributed by atoms with Crippen LogP contribution in [0.5, 0.6) is 23.0 Å². The third-order valence-electron chi connectivity index (χ3n) is 5.27. The van der Waals surface area contributed by atoms with E-state index >= 15 is 0 Å². The first-order chi connectivity index (χ1) is 13.1. The molecule has 140 valence electrons. The number of nitrogens with one attached hydrogen (secondary N) is 1. The Labute approximate surface area is 156 Å². The summed E-state index contributed by atoms with van der Waals surface area (Å²) < 4.78 is 23.1. The van der Waals surface area contributed by atoms with Crippen molar-refractivity contribution in [2.75, 3.05) is 25.2 Å². The molecule has 1 fully saturated rings. The third-order valence-corrected chi connectivity index (χ3v) is 5.27. The molecule has 27 heavy (non-hydrogen) atoms. The lowest BCUT2D eigenvalue weighted by atomic mass is 9.90. The van der Waals surface area contributed by atoms with Crippen molar-refractivity contribution >= 4 is 11.7 Å². The molecule has 1 saturated heterocycles. The van der Waals surface area contributed by atoms with E-state index in [9.17, 15) is 4.79 Å². The maximum atomic E-state index is 13.0. The van der Waals surface area contributed by atoms with Crippen LogP contribution in [0.4, 0.5) is 10.5 Å². The Kier molecular flexibility index (Phi) is 3.40. The Morgan fingerprint density at radius 2 is 2.00 bits per heavy atom. The fourth-order valence-corrected chi connectivity index (χ4v) is 4.08. The van der Waals surface area contributed by atoms with E-state index in [-0.39, 0.29) is 12.1 Å². The normalized spacial score (nSPS) is 25.2. The van der Waals surface area contributed by atoms with Gasteiger partial charge in [-0.2, -0.15) is 0 Å². The SMILES string of the molecule is COc1cccc2c1O[C@]1(C)C[C@H]2NC(=O)N1c1ccc2c(c1)OCCO2. The molecule has 0 aromatic heterocycles. The number of methoxy groups -OCH3 is 1. The summed E-state index contributed by atoms with van der Waals surface area (Å²) in [7, 11) is 1.61. The van der Waals surface area contributed by atoms with Crippen molar-refractivity contribution in [1.82, 2.24) is 5.32 Å². The molecule has 1 N–H and O–H groups in total. The highest BCUT2D eigenvalue weighted by molar-refractivity contribution is 5.95. The number of nitrogens with zero attached hydrogens (tertiary/aromatic N) is 1. The second-order valence-corrected chi connectivity index (χ2v) is 7.03. The minimum Gasteiger partial charge on any atom is -0.493 e. The number of hydrogen-bond acceptors (Lipinski definition) is 5. The highest BCUT2D eigenvalue weighted by Gasteiger charge is 2.50. The molecule has 0 spiro atoms. The summed E-state index contributed by atoms with van der Waals surface area (Å²) >= 11 is 0.